The Morgan fingerprint density at radius 3 is 2.75 bits per heavy atom. The number of rotatable bonds is 2. The average molecular weight is 274 g/mol. The quantitative estimate of drug-likeness (QED) is 0.914. The molecule has 0 aromatic carbocycles. The summed E-state index contributed by atoms with van der Waals surface area (Å²) in [6, 6.07) is 3.64. The zero-order chi connectivity index (χ0) is 14.8. The first kappa shape index (κ1) is 14.0. The molecule has 2 aromatic rings. The summed E-state index contributed by atoms with van der Waals surface area (Å²) >= 11 is 0. The zero-order valence-electron chi connectivity index (χ0n) is 12.0. The molecule has 0 fully saturated rings. The second kappa shape index (κ2) is 5.32. The molecule has 6 heteroatoms. The number of imidazole rings is 1. The molecule has 106 valence electrons. The fraction of sp³-hybridized carbons (Fsp3) is 0.357. The van der Waals surface area contributed by atoms with Crippen molar-refractivity contribution >= 4 is 11.9 Å². The van der Waals surface area contributed by atoms with Crippen molar-refractivity contribution < 1.29 is 9.53 Å². The standard InChI is InChI=1S/C14H18N4O2/c1-14(2,3)20-13(19)17-12-7-10(5-6-16-12)11-8-15-9-18(11)4/h5-9H,1-4H3,(H,16,17,19). The van der Waals surface area contributed by atoms with E-state index in [1.54, 1.807) is 24.8 Å². The van der Waals surface area contributed by atoms with E-state index in [1.165, 1.54) is 0 Å². The molecular formula is C14H18N4O2. The van der Waals surface area contributed by atoms with Crippen molar-refractivity contribution in [3.05, 3.63) is 30.9 Å². The number of pyridine rings is 1. The van der Waals surface area contributed by atoms with E-state index in [-0.39, 0.29) is 0 Å². The van der Waals surface area contributed by atoms with Crippen LogP contribution in [0, 0.1) is 0 Å². The second-order valence-corrected chi connectivity index (χ2v) is 5.45. The summed E-state index contributed by atoms with van der Waals surface area (Å²) in [4.78, 5) is 19.9. The Balaban J connectivity index is 2.15. The van der Waals surface area contributed by atoms with Crippen LogP contribution in [-0.2, 0) is 11.8 Å². The van der Waals surface area contributed by atoms with Crippen LogP contribution in [0.5, 0.6) is 0 Å². The number of aryl methyl sites for hydroxylation is 1. The molecule has 1 N–H and O–H groups in total. The lowest BCUT2D eigenvalue weighted by Crippen LogP contribution is -2.27. The number of hydrogen-bond donors (Lipinski definition) is 1. The van der Waals surface area contributed by atoms with Crippen molar-refractivity contribution in [1.82, 2.24) is 14.5 Å². The summed E-state index contributed by atoms with van der Waals surface area (Å²) in [7, 11) is 1.91. The number of amides is 1. The van der Waals surface area contributed by atoms with Crippen molar-refractivity contribution in [3.8, 4) is 11.3 Å². The molecule has 2 rings (SSSR count). The Morgan fingerprint density at radius 2 is 2.15 bits per heavy atom. The average Bonchev–Trinajstić information content (AvgIpc) is 2.73. The Labute approximate surface area is 117 Å². The van der Waals surface area contributed by atoms with E-state index in [0.29, 0.717) is 5.82 Å². The first-order valence-electron chi connectivity index (χ1n) is 6.28. The highest BCUT2D eigenvalue weighted by Crippen LogP contribution is 2.20. The van der Waals surface area contributed by atoms with Crippen LogP contribution >= 0.6 is 0 Å². The fourth-order valence-corrected chi connectivity index (χ4v) is 1.70. The Hall–Kier alpha value is -2.37. The molecule has 0 aliphatic rings. The third kappa shape index (κ3) is 3.57. The van der Waals surface area contributed by atoms with Gasteiger partial charge in [0.15, 0.2) is 0 Å². The van der Waals surface area contributed by atoms with Gasteiger partial charge in [0.1, 0.15) is 11.4 Å². The molecule has 0 unspecified atom stereocenters. The van der Waals surface area contributed by atoms with Gasteiger partial charge in [0.2, 0.25) is 0 Å². The maximum Gasteiger partial charge on any atom is 0.413 e. The first-order chi connectivity index (χ1) is 9.35. The molecule has 0 saturated carbocycles. The number of nitrogens with one attached hydrogen (secondary N) is 1. The number of carbonyl (C=O) groups excluding carboxylic acids is 1. The van der Waals surface area contributed by atoms with Gasteiger partial charge in [0.25, 0.3) is 0 Å². The largest absolute Gasteiger partial charge is 0.444 e. The van der Waals surface area contributed by atoms with Gasteiger partial charge in [-0.05, 0) is 32.9 Å². The van der Waals surface area contributed by atoms with Gasteiger partial charge < -0.3 is 9.30 Å². The zero-order valence-corrected chi connectivity index (χ0v) is 12.0. The highest BCUT2D eigenvalue weighted by Gasteiger charge is 2.16. The van der Waals surface area contributed by atoms with Gasteiger partial charge in [0, 0.05) is 18.8 Å². The Bertz CT molecular complexity index is 614. The van der Waals surface area contributed by atoms with Crippen LogP contribution in [0.2, 0.25) is 0 Å². The molecule has 20 heavy (non-hydrogen) atoms. The molecule has 0 aliphatic carbocycles. The maximum atomic E-state index is 11.7. The molecule has 2 heterocycles. The smallest absolute Gasteiger partial charge is 0.413 e. The lowest BCUT2D eigenvalue weighted by atomic mass is 10.2. The molecule has 0 aliphatic heterocycles. The summed E-state index contributed by atoms with van der Waals surface area (Å²) in [6.45, 7) is 5.43. The third-order valence-corrected chi connectivity index (χ3v) is 2.50. The predicted octanol–water partition coefficient (Wildman–Crippen LogP) is 2.83. The van der Waals surface area contributed by atoms with Gasteiger partial charge >= 0.3 is 6.09 Å². The summed E-state index contributed by atoms with van der Waals surface area (Å²) in [5.74, 6) is 0.443. The highest BCUT2D eigenvalue weighted by atomic mass is 16.6. The molecule has 0 atom stereocenters. The Kier molecular flexibility index (Phi) is 3.74. The van der Waals surface area contributed by atoms with Crippen molar-refractivity contribution in [2.75, 3.05) is 5.32 Å². The van der Waals surface area contributed by atoms with Crippen LogP contribution in [0.3, 0.4) is 0 Å². The lowest BCUT2D eigenvalue weighted by Gasteiger charge is -2.19. The van der Waals surface area contributed by atoms with Gasteiger partial charge in [-0.15, -0.1) is 0 Å². The normalized spacial score (nSPS) is 11.2. The molecular weight excluding hydrogens is 256 g/mol. The fourth-order valence-electron chi connectivity index (χ4n) is 1.70. The number of aromatic nitrogens is 3. The Morgan fingerprint density at radius 1 is 1.40 bits per heavy atom. The van der Waals surface area contributed by atoms with E-state index in [2.05, 4.69) is 15.3 Å². The van der Waals surface area contributed by atoms with Crippen LogP contribution in [-0.4, -0.2) is 26.2 Å². The van der Waals surface area contributed by atoms with Crippen molar-refractivity contribution in [2.45, 2.75) is 26.4 Å². The third-order valence-electron chi connectivity index (χ3n) is 2.50. The summed E-state index contributed by atoms with van der Waals surface area (Å²) in [5, 5.41) is 2.62. The van der Waals surface area contributed by atoms with Crippen LogP contribution in [0.25, 0.3) is 11.3 Å². The molecule has 0 bridgehead atoms. The number of carbonyl (C=O) groups is 1. The van der Waals surface area contributed by atoms with E-state index < -0.39 is 11.7 Å². The van der Waals surface area contributed by atoms with Crippen LogP contribution in [0.15, 0.2) is 30.9 Å². The molecule has 0 saturated heterocycles. The number of ether oxygens (including phenoxy) is 1. The summed E-state index contributed by atoms with van der Waals surface area (Å²) in [6.07, 6.45) is 4.59. The van der Waals surface area contributed by atoms with E-state index in [0.717, 1.165) is 11.3 Å². The monoisotopic (exact) mass is 274 g/mol. The van der Waals surface area contributed by atoms with E-state index in [9.17, 15) is 4.79 Å². The molecule has 2 aromatic heterocycles. The number of hydrogen-bond acceptors (Lipinski definition) is 4. The number of nitrogens with zero attached hydrogens (tertiary/aromatic N) is 3. The van der Waals surface area contributed by atoms with Crippen molar-refractivity contribution in [2.24, 2.45) is 7.05 Å². The van der Waals surface area contributed by atoms with Gasteiger partial charge in [-0.1, -0.05) is 0 Å². The number of anilines is 1. The summed E-state index contributed by atoms with van der Waals surface area (Å²) < 4.78 is 7.08. The second-order valence-electron chi connectivity index (χ2n) is 5.45. The first-order valence-corrected chi connectivity index (χ1v) is 6.28. The van der Waals surface area contributed by atoms with E-state index in [4.69, 9.17) is 4.74 Å². The minimum atomic E-state index is -0.538. The maximum absolute atomic E-state index is 11.7. The van der Waals surface area contributed by atoms with Crippen LogP contribution < -0.4 is 5.32 Å². The SMILES string of the molecule is Cn1cncc1-c1ccnc(NC(=O)OC(C)(C)C)c1. The molecule has 0 spiro atoms. The predicted molar refractivity (Wildman–Crippen MR) is 76.3 cm³/mol. The van der Waals surface area contributed by atoms with E-state index in [1.807, 2.05) is 38.5 Å². The van der Waals surface area contributed by atoms with Gasteiger partial charge in [0.05, 0.1) is 18.2 Å². The van der Waals surface area contributed by atoms with Crippen molar-refractivity contribution in [3.63, 3.8) is 0 Å². The minimum Gasteiger partial charge on any atom is -0.444 e. The highest BCUT2D eigenvalue weighted by molar-refractivity contribution is 5.84. The molecule has 1 amide bonds. The van der Waals surface area contributed by atoms with Gasteiger partial charge in [-0.2, -0.15) is 0 Å². The summed E-state index contributed by atoms with van der Waals surface area (Å²) in [5.41, 5.74) is 1.33. The van der Waals surface area contributed by atoms with Crippen LogP contribution in [0.4, 0.5) is 10.6 Å². The van der Waals surface area contributed by atoms with Crippen LogP contribution in [0.1, 0.15) is 20.8 Å². The van der Waals surface area contributed by atoms with E-state index >= 15 is 0 Å². The topological polar surface area (TPSA) is 69.0 Å². The molecule has 0 radical (unpaired) electrons. The van der Waals surface area contributed by atoms with Gasteiger partial charge in [-0.3, -0.25) is 5.32 Å². The lowest BCUT2D eigenvalue weighted by molar-refractivity contribution is 0.0635. The minimum absolute atomic E-state index is 0.443. The van der Waals surface area contributed by atoms with Crippen molar-refractivity contribution in [1.29, 1.82) is 0 Å². The van der Waals surface area contributed by atoms with Gasteiger partial charge in [-0.25, -0.2) is 14.8 Å². The molecule has 6 nitrogen and oxygen atoms in total.